The highest BCUT2D eigenvalue weighted by Crippen LogP contribution is 2.45. The third kappa shape index (κ3) is 65.7. The van der Waals surface area contributed by atoms with Gasteiger partial charge in [0.2, 0.25) is 0 Å². The van der Waals surface area contributed by atoms with Crippen LogP contribution in [0, 0.1) is 0 Å². The third-order valence-electron chi connectivity index (χ3n) is 15.8. The highest BCUT2D eigenvalue weighted by Gasteiger charge is 2.30. The van der Waals surface area contributed by atoms with Gasteiger partial charge >= 0.3 is 39.5 Å². The largest absolute Gasteiger partial charge is 0.472 e. The summed E-state index contributed by atoms with van der Waals surface area (Å²) in [5.41, 5.74) is 0. The average Bonchev–Trinajstić information content (AvgIpc) is 2.26. The maximum atomic E-state index is 13.0. The van der Waals surface area contributed by atoms with Crippen LogP contribution >= 0.6 is 15.6 Å². The Morgan fingerprint density at radius 1 is 0.315 bits per heavy atom. The predicted octanol–water partition coefficient (Wildman–Crippen LogP) is 20.6. The van der Waals surface area contributed by atoms with Gasteiger partial charge in [-0.3, -0.25) is 37.3 Å². The van der Waals surface area contributed by atoms with Gasteiger partial charge in [-0.2, -0.15) is 0 Å². The topological polar surface area (TPSA) is 237 Å². The first-order valence-electron chi connectivity index (χ1n) is 36.9. The molecule has 19 heteroatoms. The molecule has 0 amide bonds. The highest BCUT2D eigenvalue weighted by molar-refractivity contribution is 7.47. The molecule has 0 aliphatic rings. The lowest BCUT2D eigenvalue weighted by Gasteiger charge is -2.21. The van der Waals surface area contributed by atoms with Crippen LogP contribution in [-0.2, 0) is 65.4 Å². The zero-order valence-corrected chi connectivity index (χ0v) is 60.3. The molecule has 0 fully saturated rings. The number of phosphoric acid groups is 2. The minimum atomic E-state index is -4.96. The van der Waals surface area contributed by atoms with Crippen LogP contribution in [0.15, 0.2) is 48.6 Å². The number of esters is 4. The number of aliphatic hydroxyl groups excluding tert-OH is 1. The van der Waals surface area contributed by atoms with Crippen LogP contribution in [0.1, 0.15) is 336 Å². The van der Waals surface area contributed by atoms with Crippen molar-refractivity contribution in [3.05, 3.63) is 48.6 Å². The number of carbonyl (C=O) groups excluding carboxylic acids is 4. The zero-order chi connectivity index (χ0) is 67.5. The summed E-state index contributed by atoms with van der Waals surface area (Å²) in [5.74, 6) is -2.16. The zero-order valence-electron chi connectivity index (χ0n) is 58.5. The molecule has 538 valence electrons. The van der Waals surface area contributed by atoms with E-state index in [-0.39, 0.29) is 25.7 Å². The molecule has 5 atom stereocenters. The number of rotatable bonds is 70. The van der Waals surface area contributed by atoms with Gasteiger partial charge in [-0.25, -0.2) is 9.13 Å². The molecule has 0 aromatic rings. The van der Waals surface area contributed by atoms with Gasteiger partial charge in [-0.15, -0.1) is 0 Å². The lowest BCUT2D eigenvalue weighted by atomic mass is 10.1. The molecule has 0 rings (SSSR count). The van der Waals surface area contributed by atoms with E-state index in [2.05, 4.69) is 76.3 Å². The average molecular weight is 1350 g/mol. The Bertz CT molecular complexity index is 1940. The van der Waals surface area contributed by atoms with Crippen molar-refractivity contribution in [2.45, 2.75) is 354 Å². The summed E-state index contributed by atoms with van der Waals surface area (Å²) in [6.07, 6.45) is 61.2. The highest BCUT2D eigenvalue weighted by atomic mass is 31.2. The fourth-order valence-corrected chi connectivity index (χ4v) is 11.8. The normalized spacial score (nSPS) is 14.3. The Morgan fingerprint density at radius 3 is 0.870 bits per heavy atom. The van der Waals surface area contributed by atoms with Crippen molar-refractivity contribution in [2.24, 2.45) is 0 Å². The van der Waals surface area contributed by atoms with E-state index >= 15 is 0 Å². The van der Waals surface area contributed by atoms with Crippen LogP contribution in [0.4, 0.5) is 0 Å². The van der Waals surface area contributed by atoms with E-state index in [0.717, 1.165) is 135 Å². The predicted molar refractivity (Wildman–Crippen MR) is 372 cm³/mol. The second-order valence-corrected chi connectivity index (χ2v) is 27.8. The maximum absolute atomic E-state index is 13.0. The number of ether oxygens (including phenoxy) is 4. The minimum absolute atomic E-state index is 0.0983. The fourth-order valence-electron chi connectivity index (χ4n) is 10.2. The van der Waals surface area contributed by atoms with E-state index in [1.807, 2.05) is 0 Å². The van der Waals surface area contributed by atoms with Crippen LogP contribution in [0.3, 0.4) is 0 Å². The van der Waals surface area contributed by atoms with Crippen molar-refractivity contribution in [3.8, 4) is 0 Å². The number of aliphatic hydroxyl groups is 1. The van der Waals surface area contributed by atoms with Gasteiger partial charge in [0.25, 0.3) is 0 Å². The Morgan fingerprint density at radius 2 is 0.565 bits per heavy atom. The van der Waals surface area contributed by atoms with Crippen molar-refractivity contribution >= 4 is 39.5 Å². The quantitative estimate of drug-likeness (QED) is 0.0169. The molecule has 3 N–H and O–H groups in total. The minimum Gasteiger partial charge on any atom is -0.462 e. The van der Waals surface area contributed by atoms with Gasteiger partial charge < -0.3 is 33.8 Å². The van der Waals surface area contributed by atoms with Gasteiger partial charge in [0, 0.05) is 25.7 Å². The van der Waals surface area contributed by atoms with Crippen molar-refractivity contribution < 1.29 is 80.2 Å². The van der Waals surface area contributed by atoms with Crippen LogP contribution < -0.4 is 0 Å². The Balaban J connectivity index is 5.24. The van der Waals surface area contributed by atoms with Crippen LogP contribution in [-0.4, -0.2) is 96.7 Å². The number of allylic oxidation sites excluding steroid dienone is 8. The van der Waals surface area contributed by atoms with E-state index in [4.69, 9.17) is 37.0 Å². The van der Waals surface area contributed by atoms with Gasteiger partial charge in [-0.1, -0.05) is 295 Å². The monoisotopic (exact) mass is 1340 g/mol. The molecule has 0 aromatic carbocycles. The molecular weight excluding hydrogens is 1210 g/mol. The Hall–Kier alpha value is -2.98. The molecule has 17 nitrogen and oxygen atoms in total. The second kappa shape index (κ2) is 66.6. The van der Waals surface area contributed by atoms with Crippen molar-refractivity contribution in [1.82, 2.24) is 0 Å². The fraction of sp³-hybridized carbons (Fsp3) is 0.836. The number of unbranched alkanes of at least 4 members (excludes halogenated alkanes) is 36. The van der Waals surface area contributed by atoms with E-state index < -0.39 is 97.5 Å². The van der Waals surface area contributed by atoms with E-state index in [9.17, 15) is 43.2 Å². The summed E-state index contributed by atoms with van der Waals surface area (Å²) < 4.78 is 68.3. The van der Waals surface area contributed by atoms with E-state index in [1.165, 1.54) is 122 Å². The van der Waals surface area contributed by atoms with Crippen molar-refractivity contribution in [3.63, 3.8) is 0 Å². The molecule has 0 bridgehead atoms. The first kappa shape index (κ1) is 89.0. The lowest BCUT2D eigenvalue weighted by Crippen LogP contribution is -2.30. The Kier molecular flexibility index (Phi) is 64.5. The smallest absolute Gasteiger partial charge is 0.462 e. The number of phosphoric ester groups is 2. The summed E-state index contributed by atoms with van der Waals surface area (Å²) in [5, 5.41) is 10.6. The molecule has 5 unspecified atom stereocenters. The van der Waals surface area contributed by atoms with Gasteiger partial charge in [0.1, 0.15) is 19.3 Å². The summed E-state index contributed by atoms with van der Waals surface area (Å²) >= 11 is 0. The summed E-state index contributed by atoms with van der Waals surface area (Å²) in [6, 6.07) is 0. The maximum Gasteiger partial charge on any atom is 0.472 e. The first-order chi connectivity index (χ1) is 44.7. The second-order valence-electron chi connectivity index (χ2n) is 24.9. The van der Waals surface area contributed by atoms with Crippen molar-refractivity contribution in [2.75, 3.05) is 39.6 Å². The summed E-state index contributed by atoms with van der Waals surface area (Å²) in [4.78, 5) is 72.6. The summed E-state index contributed by atoms with van der Waals surface area (Å²) in [6.45, 7) is 4.77. The van der Waals surface area contributed by atoms with E-state index in [1.54, 1.807) is 0 Å². The van der Waals surface area contributed by atoms with Crippen LogP contribution in [0.2, 0.25) is 0 Å². The van der Waals surface area contributed by atoms with E-state index in [0.29, 0.717) is 25.7 Å². The van der Waals surface area contributed by atoms with Gasteiger partial charge in [-0.05, 0) is 64.2 Å². The molecule has 0 saturated carbocycles. The number of carbonyl (C=O) groups is 4. The molecule has 0 radical (unpaired) electrons. The molecule has 0 spiro atoms. The van der Waals surface area contributed by atoms with Gasteiger partial charge in [0.15, 0.2) is 12.2 Å². The van der Waals surface area contributed by atoms with Gasteiger partial charge in [0.05, 0.1) is 26.4 Å². The molecule has 92 heavy (non-hydrogen) atoms. The summed E-state index contributed by atoms with van der Waals surface area (Å²) in [7, 11) is -9.91. The molecule has 0 aliphatic carbocycles. The molecule has 0 heterocycles. The number of hydrogen-bond acceptors (Lipinski definition) is 15. The Labute approximate surface area is 559 Å². The molecule has 0 aromatic heterocycles. The molecule has 0 saturated heterocycles. The van der Waals surface area contributed by atoms with Crippen LogP contribution in [0.25, 0.3) is 0 Å². The molecule has 0 aliphatic heterocycles. The molecular formula is C73H134O17P2. The first-order valence-corrected chi connectivity index (χ1v) is 39.9. The number of hydrogen-bond donors (Lipinski definition) is 3. The standard InChI is InChI=1S/C73H134O17P2/c1-5-9-13-17-21-25-29-30-31-32-33-34-35-36-40-42-46-50-54-58-71(76)84-64-69(90-73(78)60-56-52-48-44-39-28-24-20-16-12-8-4)66-88-92(81,82)86-62-67(74)61-85-91(79,80)87-65-68(89-72(77)59-55-51-47-43-38-27-23-19-15-11-7-3)63-83-70(75)57-53-49-45-41-37-26-22-18-14-10-6-2/h9,13,21,25,30-31,33-34,67-69,74H,5-8,10-12,14-20,22-24,26-29,32,35-66H2,1-4H3,(H,79,80)(H,81,82)/b13-9-,25-21-,31-30-,34-33-. The third-order valence-corrected chi connectivity index (χ3v) is 17.7. The van der Waals surface area contributed by atoms with Crippen molar-refractivity contribution in [1.29, 1.82) is 0 Å². The lowest BCUT2D eigenvalue weighted by molar-refractivity contribution is -0.161. The van der Waals surface area contributed by atoms with Crippen LogP contribution in [0.5, 0.6) is 0 Å². The SMILES string of the molecule is CC/C=C\C/C=C\C/C=C\C/C=C\CCCCCCCCC(=O)OCC(COP(=O)(O)OCC(O)COP(=O)(O)OCC(COC(=O)CCCCCCCCCCCCC)OC(=O)CCCCCCCCCCCCC)OC(=O)CCCCCCCCCCCCC.